The molecule has 77 heavy (non-hydrogen) atoms. The topological polar surface area (TPSA) is 134 Å². The molecule has 2 unspecified atom stereocenters. The number of allylic oxidation sites excluding steroid dienone is 8. The van der Waals surface area contributed by atoms with E-state index in [2.05, 4.69) is 62.5 Å². The van der Waals surface area contributed by atoms with Crippen molar-refractivity contribution in [2.75, 3.05) is 26.4 Å². The van der Waals surface area contributed by atoms with E-state index in [1.165, 1.54) is 244 Å². The summed E-state index contributed by atoms with van der Waals surface area (Å²) in [6, 6.07) is 0. The Morgan fingerprint density at radius 2 is 0.675 bits per heavy atom. The lowest BCUT2D eigenvalue weighted by molar-refractivity contribution is -0.161. The van der Waals surface area contributed by atoms with Gasteiger partial charge < -0.3 is 20.1 Å². The van der Waals surface area contributed by atoms with Crippen LogP contribution >= 0.6 is 7.82 Å². The summed E-state index contributed by atoms with van der Waals surface area (Å²) in [7, 11) is -4.39. The molecule has 0 aromatic heterocycles. The zero-order chi connectivity index (χ0) is 55.9. The van der Waals surface area contributed by atoms with E-state index in [0.717, 1.165) is 57.8 Å². The van der Waals surface area contributed by atoms with E-state index in [1.807, 2.05) is 0 Å². The van der Waals surface area contributed by atoms with Crippen molar-refractivity contribution in [1.29, 1.82) is 0 Å². The highest BCUT2D eigenvalue weighted by atomic mass is 31.2. The summed E-state index contributed by atoms with van der Waals surface area (Å²) in [4.78, 5) is 35.3. The summed E-state index contributed by atoms with van der Waals surface area (Å²) < 4.78 is 33.1. The first-order valence-electron chi connectivity index (χ1n) is 33.1. The smallest absolute Gasteiger partial charge is 0.462 e. The van der Waals surface area contributed by atoms with Crippen LogP contribution in [-0.2, 0) is 32.7 Å². The van der Waals surface area contributed by atoms with Gasteiger partial charge in [-0.1, -0.05) is 294 Å². The summed E-state index contributed by atoms with van der Waals surface area (Å²) in [5.41, 5.74) is 5.39. The Labute approximate surface area is 477 Å². The lowest BCUT2D eigenvalue weighted by atomic mass is 10.0. The number of rotatable bonds is 63. The molecular formula is C67H126NO8P. The van der Waals surface area contributed by atoms with E-state index in [9.17, 15) is 19.0 Å². The van der Waals surface area contributed by atoms with E-state index >= 15 is 0 Å². The van der Waals surface area contributed by atoms with Gasteiger partial charge >= 0.3 is 19.8 Å². The molecule has 0 saturated carbocycles. The molecule has 0 saturated heterocycles. The minimum Gasteiger partial charge on any atom is -0.462 e. The third kappa shape index (κ3) is 63.0. The number of hydrogen-bond acceptors (Lipinski definition) is 8. The minimum atomic E-state index is -4.39. The normalized spacial score (nSPS) is 13.2. The van der Waals surface area contributed by atoms with Crippen LogP contribution in [0.2, 0.25) is 0 Å². The first-order chi connectivity index (χ1) is 37.8. The highest BCUT2D eigenvalue weighted by Gasteiger charge is 2.26. The molecule has 0 aliphatic heterocycles. The molecule has 0 fully saturated rings. The zero-order valence-corrected chi connectivity index (χ0v) is 51.6. The van der Waals surface area contributed by atoms with E-state index in [-0.39, 0.29) is 38.6 Å². The van der Waals surface area contributed by atoms with Crippen molar-refractivity contribution in [2.45, 2.75) is 341 Å². The van der Waals surface area contributed by atoms with Gasteiger partial charge in [-0.05, 0) is 77.0 Å². The predicted molar refractivity (Wildman–Crippen MR) is 330 cm³/mol. The number of carbonyl (C=O) groups excluding carboxylic acids is 2. The number of phosphoric ester groups is 1. The summed E-state index contributed by atoms with van der Waals surface area (Å²) in [6.45, 7) is 3.78. The molecule has 2 atom stereocenters. The number of phosphoric acid groups is 1. The van der Waals surface area contributed by atoms with Gasteiger partial charge in [-0.15, -0.1) is 0 Å². The fourth-order valence-electron chi connectivity index (χ4n) is 9.76. The number of hydrogen-bond donors (Lipinski definition) is 2. The quantitative estimate of drug-likeness (QED) is 0.0264. The molecule has 3 N–H and O–H groups in total. The largest absolute Gasteiger partial charge is 0.472 e. The maximum Gasteiger partial charge on any atom is 0.472 e. The van der Waals surface area contributed by atoms with E-state index in [4.69, 9.17) is 24.3 Å². The molecule has 0 aromatic rings. The Morgan fingerprint density at radius 1 is 0.390 bits per heavy atom. The van der Waals surface area contributed by atoms with Gasteiger partial charge in [0.15, 0.2) is 6.10 Å². The van der Waals surface area contributed by atoms with Crippen molar-refractivity contribution in [1.82, 2.24) is 0 Å². The molecule has 9 nitrogen and oxygen atoms in total. The molecule has 0 aliphatic rings. The molecule has 0 heterocycles. The SMILES string of the molecule is CCCCCCC/C=C\C/C=C\C/C=C\CCCCCCCCCCCCC(=O)OC(COC(=O)CCCCCCCCCCCCCCCCCCCCC/C=C\CCCCCCCCCC)COP(=O)(O)OCCN. The standard InChI is InChI=1S/C67H126NO8P/c1-3-5-7-9-11-13-15-17-19-21-23-25-27-29-30-31-32-33-34-36-37-39-41-43-45-47-49-51-53-55-57-59-66(69)73-63-65(64-75-77(71,72)74-62-61-68)76-67(70)60-58-56-54-52-50-48-46-44-42-40-38-35-28-26-24-22-20-18-16-14-12-10-8-6-4-2/h16,18,21-24,28,35,65H,3-15,17,19-20,25-27,29-34,36-64,68H2,1-2H3,(H,71,72)/b18-16-,23-21-,24-22-,35-28-. The number of nitrogens with two attached hydrogens (primary N) is 1. The molecule has 0 bridgehead atoms. The second-order valence-corrected chi connectivity index (χ2v) is 23.8. The van der Waals surface area contributed by atoms with Crippen LogP contribution in [0.4, 0.5) is 0 Å². The van der Waals surface area contributed by atoms with Crippen molar-refractivity contribution >= 4 is 19.8 Å². The van der Waals surface area contributed by atoms with Crippen LogP contribution < -0.4 is 5.73 Å². The maximum absolute atomic E-state index is 12.7. The first-order valence-corrected chi connectivity index (χ1v) is 34.6. The van der Waals surface area contributed by atoms with Crippen LogP contribution in [-0.4, -0.2) is 49.3 Å². The molecule has 0 radical (unpaired) electrons. The monoisotopic (exact) mass is 1100 g/mol. The molecule has 452 valence electrons. The van der Waals surface area contributed by atoms with Crippen LogP contribution in [0.5, 0.6) is 0 Å². The Hall–Kier alpha value is -2.03. The molecule has 0 amide bonds. The molecule has 0 aromatic carbocycles. The van der Waals surface area contributed by atoms with Crippen LogP contribution in [0.15, 0.2) is 48.6 Å². The fourth-order valence-corrected chi connectivity index (χ4v) is 10.5. The second-order valence-electron chi connectivity index (χ2n) is 22.3. The molecule has 0 rings (SSSR count). The first kappa shape index (κ1) is 75.0. The number of carbonyl (C=O) groups is 2. The van der Waals surface area contributed by atoms with Crippen LogP contribution in [0.25, 0.3) is 0 Å². The van der Waals surface area contributed by atoms with Crippen LogP contribution in [0, 0.1) is 0 Å². The summed E-state index contributed by atoms with van der Waals surface area (Å²) >= 11 is 0. The number of unbranched alkanes of at least 4 members (excludes halogenated alkanes) is 42. The van der Waals surface area contributed by atoms with Gasteiger partial charge in [0.25, 0.3) is 0 Å². The van der Waals surface area contributed by atoms with Gasteiger partial charge in [-0.3, -0.25) is 18.6 Å². The average molecular weight is 1100 g/mol. The van der Waals surface area contributed by atoms with Crippen molar-refractivity contribution in [2.24, 2.45) is 5.73 Å². The molecule has 0 spiro atoms. The number of esters is 2. The Balaban J connectivity index is 3.87. The molecule has 10 heteroatoms. The lowest BCUT2D eigenvalue weighted by Gasteiger charge is -2.19. The maximum atomic E-state index is 12.7. The van der Waals surface area contributed by atoms with Gasteiger partial charge in [-0.25, -0.2) is 4.57 Å². The Morgan fingerprint density at radius 3 is 1.01 bits per heavy atom. The predicted octanol–water partition coefficient (Wildman–Crippen LogP) is 21.3. The third-order valence-electron chi connectivity index (χ3n) is 14.7. The second kappa shape index (κ2) is 63.2. The highest BCUT2D eigenvalue weighted by molar-refractivity contribution is 7.47. The van der Waals surface area contributed by atoms with Crippen molar-refractivity contribution in [3.63, 3.8) is 0 Å². The fraction of sp³-hybridized carbons (Fsp3) is 0.851. The van der Waals surface area contributed by atoms with Crippen LogP contribution in [0.1, 0.15) is 335 Å². The minimum absolute atomic E-state index is 0.0531. The van der Waals surface area contributed by atoms with E-state index < -0.39 is 26.5 Å². The molecule has 0 aliphatic carbocycles. The average Bonchev–Trinajstić information content (AvgIpc) is 3.42. The van der Waals surface area contributed by atoms with Gasteiger partial charge in [0.05, 0.1) is 13.2 Å². The summed E-state index contributed by atoms with van der Waals surface area (Å²) in [6.07, 6.45) is 79.1. The zero-order valence-electron chi connectivity index (χ0n) is 50.7. The van der Waals surface area contributed by atoms with Gasteiger partial charge in [0.2, 0.25) is 0 Å². The third-order valence-corrected chi connectivity index (χ3v) is 15.7. The van der Waals surface area contributed by atoms with Crippen molar-refractivity contribution in [3.05, 3.63) is 48.6 Å². The van der Waals surface area contributed by atoms with E-state index in [0.29, 0.717) is 6.42 Å². The lowest BCUT2D eigenvalue weighted by Crippen LogP contribution is -2.29. The molecular weight excluding hydrogens is 978 g/mol. The van der Waals surface area contributed by atoms with E-state index in [1.54, 1.807) is 0 Å². The summed E-state index contributed by atoms with van der Waals surface area (Å²) in [5, 5.41) is 0. The summed E-state index contributed by atoms with van der Waals surface area (Å²) in [5.74, 6) is -0.817. The van der Waals surface area contributed by atoms with Gasteiger partial charge in [0, 0.05) is 19.4 Å². The van der Waals surface area contributed by atoms with Crippen molar-refractivity contribution in [3.8, 4) is 0 Å². The Kier molecular flexibility index (Phi) is 61.5. The van der Waals surface area contributed by atoms with Crippen molar-refractivity contribution < 1.29 is 37.6 Å². The van der Waals surface area contributed by atoms with Gasteiger partial charge in [-0.2, -0.15) is 0 Å². The number of ether oxygens (including phenoxy) is 2. The van der Waals surface area contributed by atoms with Gasteiger partial charge in [0.1, 0.15) is 6.61 Å². The van der Waals surface area contributed by atoms with Crippen LogP contribution in [0.3, 0.4) is 0 Å². The highest BCUT2D eigenvalue weighted by Crippen LogP contribution is 2.43. The Bertz CT molecular complexity index is 1400.